The van der Waals surface area contributed by atoms with Gasteiger partial charge in [0.05, 0.1) is 5.75 Å². The van der Waals surface area contributed by atoms with E-state index in [-0.39, 0.29) is 5.75 Å². The highest BCUT2D eigenvalue weighted by Gasteiger charge is 1.98. The third kappa shape index (κ3) is 4.52. The largest absolute Gasteiger partial charge is 0.481 e. The van der Waals surface area contributed by atoms with Crippen molar-refractivity contribution in [2.45, 2.75) is 5.75 Å². The molecule has 13 heavy (non-hydrogen) atoms. The van der Waals surface area contributed by atoms with Crippen molar-refractivity contribution in [3.8, 4) is 0 Å². The van der Waals surface area contributed by atoms with E-state index in [9.17, 15) is 4.79 Å². The van der Waals surface area contributed by atoms with Gasteiger partial charge in [-0.1, -0.05) is 12.1 Å². The summed E-state index contributed by atoms with van der Waals surface area (Å²) in [5.74, 6) is 0.185. The minimum absolute atomic E-state index is 0.172. The van der Waals surface area contributed by atoms with Crippen molar-refractivity contribution >= 4 is 40.3 Å². The summed E-state index contributed by atoms with van der Waals surface area (Å²) in [5.41, 5.74) is 1.18. The maximum absolute atomic E-state index is 10.2. The van der Waals surface area contributed by atoms with Crippen LogP contribution < -0.4 is 0 Å². The van der Waals surface area contributed by atoms with Gasteiger partial charge >= 0.3 is 5.97 Å². The van der Waals surface area contributed by atoms with Gasteiger partial charge in [0.2, 0.25) is 0 Å². The molecule has 0 aromatic heterocycles. The summed E-state index contributed by atoms with van der Waals surface area (Å²) >= 11 is 3.67. The lowest BCUT2D eigenvalue weighted by Crippen LogP contribution is -1.98. The van der Waals surface area contributed by atoms with E-state index < -0.39 is 5.97 Å². The number of hydrogen-bond donors (Lipinski definition) is 1. The first-order valence-electron chi connectivity index (χ1n) is 3.72. The van der Waals surface area contributed by atoms with E-state index in [1.54, 1.807) is 0 Å². The molecule has 1 aromatic carbocycles. The maximum atomic E-state index is 10.2. The fourth-order valence-corrected chi connectivity index (χ4v) is 2.18. The van der Waals surface area contributed by atoms with Crippen LogP contribution in [-0.2, 0) is 10.5 Å². The standard InChI is InChI=1S/C9H9IO2S/c10-8-3-1-2-7(4-8)5-13-6-9(11)12/h1-4H,5-6H2,(H,11,12). The zero-order chi connectivity index (χ0) is 9.68. The van der Waals surface area contributed by atoms with Crippen molar-refractivity contribution in [1.29, 1.82) is 0 Å². The van der Waals surface area contributed by atoms with Crippen LogP contribution in [0.4, 0.5) is 0 Å². The Morgan fingerprint density at radius 3 is 2.92 bits per heavy atom. The summed E-state index contributed by atoms with van der Waals surface area (Å²) in [7, 11) is 0. The van der Waals surface area contributed by atoms with Crippen molar-refractivity contribution in [2.24, 2.45) is 0 Å². The molecule has 0 radical (unpaired) electrons. The van der Waals surface area contributed by atoms with Crippen LogP contribution in [0.3, 0.4) is 0 Å². The number of benzene rings is 1. The van der Waals surface area contributed by atoms with Crippen molar-refractivity contribution in [3.05, 3.63) is 33.4 Å². The molecule has 0 aliphatic rings. The molecule has 0 unspecified atom stereocenters. The fourth-order valence-electron chi connectivity index (χ4n) is 0.883. The highest BCUT2D eigenvalue weighted by atomic mass is 127. The van der Waals surface area contributed by atoms with Crippen molar-refractivity contribution in [1.82, 2.24) is 0 Å². The molecule has 0 saturated carbocycles. The number of hydrogen-bond acceptors (Lipinski definition) is 2. The minimum Gasteiger partial charge on any atom is -0.481 e. The molecule has 70 valence electrons. The fraction of sp³-hybridized carbons (Fsp3) is 0.222. The SMILES string of the molecule is O=C(O)CSCc1cccc(I)c1. The number of carbonyl (C=O) groups is 1. The molecule has 0 amide bonds. The van der Waals surface area contributed by atoms with Gasteiger partial charge in [-0.2, -0.15) is 0 Å². The quantitative estimate of drug-likeness (QED) is 0.869. The van der Waals surface area contributed by atoms with Crippen LogP contribution in [0, 0.1) is 3.57 Å². The third-order valence-corrected chi connectivity index (χ3v) is 3.04. The summed E-state index contributed by atoms with van der Waals surface area (Å²) in [6.45, 7) is 0. The number of thioether (sulfide) groups is 1. The Hall–Kier alpha value is -0.230. The average Bonchev–Trinajstić information content (AvgIpc) is 2.03. The van der Waals surface area contributed by atoms with Crippen LogP contribution in [-0.4, -0.2) is 16.8 Å². The van der Waals surface area contributed by atoms with E-state index in [1.165, 1.54) is 20.9 Å². The van der Waals surface area contributed by atoms with E-state index in [0.29, 0.717) is 0 Å². The molecule has 4 heteroatoms. The Morgan fingerprint density at radius 2 is 2.31 bits per heavy atom. The molecule has 1 aromatic rings. The molecule has 0 heterocycles. The molecule has 0 aliphatic carbocycles. The Balaban J connectivity index is 2.41. The van der Waals surface area contributed by atoms with Crippen LogP contribution in [0.5, 0.6) is 0 Å². The molecular weight excluding hydrogens is 299 g/mol. The lowest BCUT2D eigenvalue weighted by molar-refractivity contribution is -0.133. The van der Waals surface area contributed by atoms with Gasteiger partial charge in [-0.25, -0.2) is 0 Å². The van der Waals surface area contributed by atoms with Gasteiger partial charge in [0.15, 0.2) is 0 Å². The van der Waals surface area contributed by atoms with E-state index in [1.807, 2.05) is 18.2 Å². The highest BCUT2D eigenvalue weighted by molar-refractivity contribution is 14.1. The lowest BCUT2D eigenvalue weighted by Gasteiger charge is -1.99. The molecule has 0 bridgehead atoms. The Bertz CT molecular complexity index is 301. The third-order valence-electron chi connectivity index (χ3n) is 1.38. The van der Waals surface area contributed by atoms with Gasteiger partial charge in [-0.3, -0.25) is 4.79 Å². The highest BCUT2D eigenvalue weighted by Crippen LogP contribution is 2.14. The molecule has 2 nitrogen and oxygen atoms in total. The van der Waals surface area contributed by atoms with E-state index in [2.05, 4.69) is 28.7 Å². The van der Waals surface area contributed by atoms with Crippen LogP contribution in [0.25, 0.3) is 0 Å². The van der Waals surface area contributed by atoms with Gasteiger partial charge in [0.25, 0.3) is 0 Å². The predicted octanol–water partition coefficient (Wildman–Crippen LogP) is 2.61. The summed E-state index contributed by atoms with van der Waals surface area (Å²) in [5, 5.41) is 8.42. The normalized spacial score (nSPS) is 9.92. The van der Waals surface area contributed by atoms with Gasteiger partial charge in [0.1, 0.15) is 0 Å². The van der Waals surface area contributed by atoms with Crippen LogP contribution >= 0.6 is 34.4 Å². The minimum atomic E-state index is -0.754. The number of rotatable bonds is 4. The van der Waals surface area contributed by atoms with Gasteiger partial charge < -0.3 is 5.11 Å². The predicted molar refractivity (Wildman–Crippen MR) is 63.0 cm³/mol. The van der Waals surface area contributed by atoms with Crippen LogP contribution in [0.2, 0.25) is 0 Å². The molecule has 1 N–H and O–H groups in total. The lowest BCUT2D eigenvalue weighted by atomic mass is 10.2. The van der Waals surface area contributed by atoms with Crippen LogP contribution in [0.1, 0.15) is 5.56 Å². The molecular formula is C9H9IO2S. The van der Waals surface area contributed by atoms with Crippen molar-refractivity contribution < 1.29 is 9.90 Å². The smallest absolute Gasteiger partial charge is 0.313 e. The molecule has 0 aliphatic heterocycles. The number of carboxylic acid groups (broad SMARTS) is 1. The molecule has 0 saturated heterocycles. The summed E-state index contributed by atoms with van der Waals surface area (Å²) in [6.07, 6.45) is 0. The topological polar surface area (TPSA) is 37.3 Å². The molecule has 0 atom stereocenters. The van der Waals surface area contributed by atoms with Crippen LogP contribution in [0.15, 0.2) is 24.3 Å². The van der Waals surface area contributed by atoms with Crippen molar-refractivity contribution in [3.63, 3.8) is 0 Å². The Morgan fingerprint density at radius 1 is 1.54 bits per heavy atom. The van der Waals surface area contributed by atoms with E-state index in [0.717, 1.165) is 5.75 Å². The first kappa shape index (κ1) is 10.8. The average molecular weight is 308 g/mol. The second-order valence-corrected chi connectivity index (χ2v) is 4.75. The van der Waals surface area contributed by atoms with Gasteiger partial charge in [-0.05, 0) is 40.3 Å². The summed E-state index contributed by atoms with van der Waals surface area (Å²) in [4.78, 5) is 10.2. The monoisotopic (exact) mass is 308 g/mol. The first-order valence-corrected chi connectivity index (χ1v) is 5.96. The second kappa shape index (κ2) is 5.49. The van der Waals surface area contributed by atoms with Crippen molar-refractivity contribution in [2.75, 3.05) is 5.75 Å². The van der Waals surface area contributed by atoms with Gasteiger partial charge in [0, 0.05) is 9.32 Å². The number of carboxylic acids is 1. The summed E-state index contributed by atoms with van der Waals surface area (Å²) in [6, 6.07) is 8.08. The molecule has 1 rings (SSSR count). The molecule has 0 spiro atoms. The number of halogens is 1. The van der Waals surface area contributed by atoms with Gasteiger partial charge in [-0.15, -0.1) is 11.8 Å². The maximum Gasteiger partial charge on any atom is 0.313 e. The zero-order valence-electron chi connectivity index (χ0n) is 6.87. The second-order valence-electron chi connectivity index (χ2n) is 2.52. The first-order chi connectivity index (χ1) is 6.18. The Kier molecular flexibility index (Phi) is 4.58. The molecule has 0 fully saturated rings. The van der Waals surface area contributed by atoms with E-state index in [4.69, 9.17) is 5.11 Å². The van der Waals surface area contributed by atoms with E-state index >= 15 is 0 Å². The Labute approximate surface area is 94.9 Å². The summed E-state index contributed by atoms with van der Waals surface area (Å²) < 4.78 is 1.19. The zero-order valence-corrected chi connectivity index (χ0v) is 9.84. The number of aliphatic carboxylic acids is 1.